The van der Waals surface area contributed by atoms with Gasteiger partial charge in [-0.2, -0.15) is 0 Å². The maximum Gasteiger partial charge on any atom is 0.240 e. The highest BCUT2D eigenvalue weighted by molar-refractivity contribution is 5.82. The topological polar surface area (TPSA) is 52.6 Å². The van der Waals surface area contributed by atoms with E-state index in [2.05, 4.69) is 5.32 Å². The second-order valence-corrected chi connectivity index (χ2v) is 4.63. The van der Waals surface area contributed by atoms with Gasteiger partial charge >= 0.3 is 0 Å². The molecular formula is C11H20N2O2. The number of hydrogen-bond acceptors (Lipinski definition) is 3. The summed E-state index contributed by atoms with van der Waals surface area (Å²) in [5, 5.41) is 12.8. The normalized spacial score (nSPS) is 33.3. The van der Waals surface area contributed by atoms with Gasteiger partial charge in [0.2, 0.25) is 5.91 Å². The molecule has 0 aliphatic carbocycles. The van der Waals surface area contributed by atoms with E-state index < -0.39 is 6.10 Å². The third-order valence-electron chi connectivity index (χ3n) is 3.50. The fourth-order valence-corrected chi connectivity index (χ4v) is 2.66. The summed E-state index contributed by atoms with van der Waals surface area (Å²) in [6.45, 7) is 3.54. The highest BCUT2D eigenvalue weighted by atomic mass is 16.3. The van der Waals surface area contributed by atoms with Crippen molar-refractivity contribution in [3.63, 3.8) is 0 Å². The molecule has 2 aliphatic heterocycles. The SMILES string of the molecule is CC(O)C1CCCN1C(=O)C1CCCN1. The van der Waals surface area contributed by atoms with Gasteiger partial charge in [0, 0.05) is 6.54 Å². The van der Waals surface area contributed by atoms with Crippen LogP contribution in [0.2, 0.25) is 0 Å². The van der Waals surface area contributed by atoms with Crippen molar-refractivity contribution in [2.24, 2.45) is 0 Å². The van der Waals surface area contributed by atoms with Gasteiger partial charge in [0.05, 0.1) is 18.2 Å². The smallest absolute Gasteiger partial charge is 0.240 e. The molecule has 1 amide bonds. The van der Waals surface area contributed by atoms with E-state index in [1.165, 1.54) is 0 Å². The highest BCUT2D eigenvalue weighted by Crippen LogP contribution is 2.22. The Morgan fingerprint density at radius 3 is 2.87 bits per heavy atom. The predicted molar refractivity (Wildman–Crippen MR) is 57.4 cm³/mol. The van der Waals surface area contributed by atoms with Crippen molar-refractivity contribution >= 4 is 5.91 Å². The summed E-state index contributed by atoms with van der Waals surface area (Å²) in [5.74, 6) is 0.191. The minimum atomic E-state index is -0.405. The van der Waals surface area contributed by atoms with Crippen molar-refractivity contribution in [1.29, 1.82) is 0 Å². The molecule has 2 heterocycles. The molecule has 0 aromatic carbocycles. The number of aliphatic hydroxyl groups is 1. The first-order valence-corrected chi connectivity index (χ1v) is 5.92. The number of amides is 1. The lowest BCUT2D eigenvalue weighted by Crippen LogP contribution is -2.48. The van der Waals surface area contributed by atoms with Crippen LogP contribution in [0.3, 0.4) is 0 Å². The Morgan fingerprint density at radius 2 is 2.27 bits per heavy atom. The van der Waals surface area contributed by atoms with Crippen molar-refractivity contribution in [1.82, 2.24) is 10.2 Å². The molecular weight excluding hydrogens is 192 g/mol. The lowest BCUT2D eigenvalue weighted by molar-refractivity contribution is -0.135. The number of likely N-dealkylation sites (tertiary alicyclic amines) is 1. The minimum Gasteiger partial charge on any atom is -0.391 e. The standard InChI is InChI=1S/C11H20N2O2/c1-8(14)10-5-3-7-13(10)11(15)9-4-2-6-12-9/h8-10,12,14H,2-7H2,1H3. The molecule has 2 rings (SSSR count). The first kappa shape index (κ1) is 10.9. The van der Waals surface area contributed by atoms with Gasteiger partial charge in [0.25, 0.3) is 0 Å². The number of nitrogens with zero attached hydrogens (tertiary/aromatic N) is 1. The molecule has 15 heavy (non-hydrogen) atoms. The Morgan fingerprint density at radius 1 is 1.47 bits per heavy atom. The number of carbonyl (C=O) groups is 1. The number of nitrogens with one attached hydrogen (secondary N) is 1. The first-order chi connectivity index (χ1) is 7.20. The largest absolute Gasteiger partial charge is 0.391 e. The molecule has 0 aromatic heterocycles. The van der Waals surface area contributed by atoms with E-state index in [0.29, 0.717) is 0 Å². The Hall–Kier alpha value is -0.610. The lowest BCUT2D eigenvalue weighted by Gasteiger charge is -2.29. The fourth-order valence-electron chi connectivity index (χ4n) is 2.66. The van der Waals surface area contributed by atoms with Crippen LogP contribution >= 0.6 is 0 Å². The second kappa shape index (κ2) is 4.49. The summed E-state index contributed by atoms with van der Waals surface area (Å²) in [6, 6.07) is 0.0456. The van der Waals surface area contributed by atoms with E-state index in [1.807, 2.05) is 4.90 Å². The van der Waals surface area contributed by atoms with E-state index in [1.54, 1.807) is 6.92 Å². The van der Waals surface area contributed by atoms with Crippen LogP contribution < -0.4 is 5.32 Å². The van der Waals surface area contributed by atoms with Crippen LogP contribution in [0, 0.1) is 0 Å². The van der Waals surface area contributed by atoms with Crippen molar-refractivity contribution in [3.05, 3.63) is 0 Å². The molecule has 0 aromatic rings. The Bertz CT molecular complexity index is 237. The molecule has 0 saturated carbocycles. The lowest BCUT2D eigenvalue weighted by atomic mass is 10.1. The number of rotatable bonds is 2. The van der Waals surface area contributed by atoms with Crippen molar-refractivity contribution in [2.45, 2.75) is 50.8 Å². The summed E-state index contributed by atoms with van der Waals surface area (Å²) in [4.78, 5) is 14.0. The maximum absolute atomic E-state index is 12.1. The molecule has 0 bridgehead atoms. The van der Waals surface area contributed by atoms with Crippen molar-refractivity contribution in [2.75, 3.05) is 13.1 Å². The van der Waals surface area contributed by atoms with Gasteiger partial charge in [-0.25, -0.2) is 0 Å². The molecule has 2 fully saturated rings. The van der Waals surface area contributed by atoms with Crippen LogP contribution in [0.25, 0.3) is 0 Å². The van der Waals surface area contributed by atoms with E-state index in [4.69, 9.17) is 0 Å². The van der Waals surface area contributed by atoms with Gasteiger partial charge in [0.1, 0.15) is 0 Å². The van der Waals surface area contributed by atoms with E-state index in [-0.39, 0.29) is 18.0 Å². The average molecular weight is 212 g/mol. The molecule has 2 N–H and O–H groups in total. The molecule has 3 unspecified atom stereocenters. The Balaban J connectivity index is 1.99. The van der Waals surface area contributed by atoms with Gasteiger partial charge in [0.15, 0.2) is 0 Å². The van der Waals surface area contributed by atoms with Gasteiger partial charge < -0.3 is 15.3 Å². The summed E-state index contributed by atoms with van der Waals surface area (Å²) < 4.78 is 0. The van der Waals surface area contributed by atoms with Crippen LogP contribution in [-0.4, -0.2) is 47.2 Å². The molecule has 0 radical (unpaired) electrons. The van der Waals surface area contributed by atoms with Crippen molar-refractivity contribution < 1.29 is 9.90 Å². The Kier molecular flexibility index (Phi) is 3.26. The highest BCUT2D eigenvalue weighted by Gasteiger charge is 2.35. The van der Waals surface area contributed by atoms with Crippen LogP contribution in [0.1, 0.15) is 32.6 Å². The molecule has 2 aliphatic rings. The van der Waals surface area contributed by atoms with Crippen LogP contribution in [0.4, 0.5) is 0 Å². The number of carbonyl (C=O) groups excluding carboxylic acids is 1. The third kappa shape index (κ3) is 2.16. The third-order valence-corrected chi connectivity index (χ3v) is 3.50. The molecule has 4 heteroatoms. The van der Waals surface area contributed by atoms with Crippen molar-refractivity contribution in [3.8, 4) is 0 Å². The molecule has 4 nitrogen and oxygen atoms in total. The zero-order valence-electron chi connectivity index (χ0n) is 9.28. The average Bonchev–Trinajstić information content (AvgIpc) is 2.88. The van der Waals surface area contributed by atoms with Gasteiger partial charge in [-0.05, 0) is 39.2 Å². The predicted octanol–water partition coefficient (Wildman–Crippen LogP) is 0.110. The van der Waals surface area contributed by atoms with E-state index in [9.17, 15) is 9.90 Å². The van der Waals surface area contributed by atoms with Crippen LogP contribution in [-0.2, 0) is 4.79 Å². The minimum absolute atomic E-state index is 0.00403. The zero-order valence-corrected chi connectivity index (χ0v) is 9.28. The van der Waals surface area contributed by atoms with Gasteiger partial charge in [-0.15, -0.1) is 0 Å². The van der Waals surface area contributed by atoms with E-state index in [0.717, 1.165) is 38.8 Å². The summed E-state index contributed by atoms with van der Waals surface area (Å²) >= 11 is 0. The van der Waals surface area contributed by atoms with Gasteiger partial charge in [-0.3, -0.25) is 4.79 Å². The van der Waals surface area contributed by atoms with Crippen LogP contribution in [0.15, 0.2) is 0 Å². The fraction of sp³-hybridized carbons (Fsp3) is 0.909. The van der Waals surface area contributed by atoms with Crippen LogP contribution in [0.5, 0.6) is 0 Å². The summed E-state index contributed by atoms with van der Waals surface area (Å²) in [7, 11) is 0. The molecule has 86 valence electrons. The second-order valence-electron chi connectivity index (χ2n) is 4.63. The quantitative estimate of drug-likeness (QED) is 0.683. The number of hydrogen-bond donors (Lipinski definition) is 2. The van der Waals surface area contributed by atoms with E-state index >= 15 is 0 Å². The molecule has 3 atom stereocenters. The Labute approximate surface area is 90.6 Å². The summed E-state index contributed by atoms with van der Waals surface area (Å²) in [6.07, 6.45) is 3.59. The molecule has 2 saturated heterocycles. The maximum atomic E-state index is 12.1. The monoisotopic (exact) mass is 212 g/mol. The first-order valence-electron chi connectivity index (χ1n) is 5.92. The van der Waals surface area contributed by atoms with Gasteiger partial charge in [-0.1, -0.05) is 0 Å². The summed E-state index contributed by atoms with van der Waals surface area (Å²) in [5.41, 5.74) is 0. The zero-order chi connectivity index (χ0) is 10.8. The molecule has 0 spiro atoms. The number of aliphatic hydroxyl groups excluding tert-OH is 1.